The maximum atomic E-state index is 10.8. The second-order valence-corrected chi connectivity index (χ2v) is 3.45. The van der Waals surface area contributed by atoms with Crippen molar-refractivity contribution >= 4 is 11.8 Å². The van der Waals surface area contributed by atoms with Gasteiger partial charge in [0, 0.05) is 13.0 Å². The van der Waals surface area contributed by atoms with Gasteiger partial charge in [0.2, 0.25) is 0 Å². The quantitative estimate of drug-likeness (QED) is 0.585. The van der Waals surface area contributed by atoms with Crippen molar-refractivity contribution in [2.24, 2.45) is 0 Å². The molecule has 4 heteroatoms. The molecule has 0 atom stereocenters. The van der Waals surface area contributed by atoms with Crippen molar-refractivity contribution < 1.29 is 9.90 Å². The summed E-state index contributed by atoms with van der Waals surface area (Å²) in [5.41, 5.74) is 0.922. The molecular formula is C12H14N2O2. The van der Waals surface area contributed by atoms with E-state index in [1.54, 1.807) is 0 Å². The average molecular weight is 218 g/mol. The number of hydrogen-bond acceptors (Lipinski definition) is 3. The van der Waals surface area contributed by atoms with Crippen molar-refractivity contribution in [2.45, 2.75) is 19.8 Å². The number of rotatable bonds is 5. The first-order valence-corrected chi connectivity index (χ1v) is 5.03. The number of nitrogens with one attached hydrogen (secondary N) is 1. The van der Waals surface area contributed by atoms with Crippen LogP contribution in [-0.2, 0) is 0 Å². The van der Waals surface area contributed by atoms with Gasteiger partial charge >= 0.3 is 5.97 Å². The summed E-state index contributed by atoms with van der Waals surface area (Å²) in [6.07, 6.45) is 6.67. The van der Waals surface area contributed by atoms with Gasteiger partial charge in [0.15, 0.2) is 5.69 Å². The van der Waals surface area contributed by atoms with E-state index in [4.69, 9.17) is 11.5 Å². The van der Waals surface area contributed by atoms with Crippen LogP contribution in [0.3, 0.4) is 0 Å². The Labute approximate surface area is 94.7 Å². The van der Waals surface area contributed by atoms with Crippen LogP contribution < -0.4 is 5.32 Å². The smallest absolute Gasteiger partial charge is 0.354 e. The highest BCUT2D eigenvalue weighted by atomic mass is 16.4. The van der Waals surface area contributed by atoms with Crippen LogP contribution in [0.2, 0.25) is 0 Å². The van der Waals surface area contributed by atoms with Crippen LogP contribution >= 0.6 is 0 Å². The van der Waals surface area contributed by atoms with Gasteiger partial charge in [-0.05, 0) is 31.0 Å². The summed E-state index contributed by atoms with van der Waals surface area (Å²) in [5, 5.41) is 11.9. The minimum absolute atomic E-state index is 0.0550. The first kappa shape index (κ1) is 12.1. The molecule has 0 aliphatic carbocycles. The Balaban J connectivity index is 2.66. The number of aromatic nitrogens is 1. The first-order chi connectivity index (χ1) is 7.63. The van der Waals surface area contributed by atoms with E-state index in [0.29, 0.717) is 18.8 Å². The lowest BCUT2D eigenvalue weighted by Gasteiger charge is -2.06. The number of carboxylic acids is 1. The number of hydrogen-bond donors (Lipinski definition) is 2. The number of aromatic carboxylic acids is 1. The van der Waals surface area contributed by atoms with Crippen LogP contribution in [0.1, 0.15) is 28.9 Å². The van der Waals surface area contributed by atoms with Crippen molar-refractivity contribution in [1.82, 2.24) is 4.98 Å². The molecule has 84 valence electrons. The molecule has 1 heterocycles. The highest BCUT2D eigenvalue weighted by Crippen LogP contribution is 2.09. The minimum atomic E-state index is -1.02. The lowest BCUT2D eigenvalue weighted by Crippen LogP contribution is -2.07. The highest BCUT2D eigenvalue weighted by Gasteiger charge is 2.06. The van der Waals surface area contributed by atoms with E-state index >= 15 is 0 Å². The molecule has 0 bridgehead atoms. The fourth-order valence-electron chi connectivity index (χ4n) is 1.27. The number of unbranched alkanes of at least 4 members (excludes halogenated alkanes) is 1. The molecular weight excluding hydrogens is 204 g/mol. The van der Waals surface area contributed by atoms with E-state index in [9.17, 15) is 4.79 Å². The number of carboxylic acid groups (broad SMARTS) is 1. The molecule has 1 rings (SSSR count). The Bertz CT molecular complexity index is 422. The minimum Gasteiger partial charge on any atom is -0.477 e. The molecule has 0 saturated carbocycles. The summed E-state index contributed by atoms with van der Waals surface area (Å²) in [6.45, 7) is 2.53. The number of aryl methyl sites for hydroxylation is 1. The van der Waals surface area contributed by atoms with E-state index in [2.05, 4.69) is 16.2 Å². The fraction of sp³-hybridized carbons (Fsp3) is 0.333. The Morgan fingerprint density at radius 2 is 2.38 bits per heavy atom. The highest BCUT2D eigenvalue weighted by molar-refractivity contribution is 5.86. The van der Waals surface area contributed by atoms with Crippen LogP contribution in [-0.4, -0.2) is 22.6 Å². The largest absolute Gasteiger partial charge is 0.477 e. The standard InChI is InChI=1S/C12H14N2O2/c1-3-4-5-6-13-11-8-9(2)7-10(14-11)12(15)16/h1,7-8H,4-6H2,2H3,(H,13,14)(H,15,16). The SMILES string of the molecule is C#CCCCNc1cc(C)cc(C(=O)O)n1. The van der Waals surface area contributed by atoms with Crippen molar-refractivity contribution in [3.8, 4) is 12.3 Å². The topological polar surface area (TPSA) is 62.2 Å². The number of nitrogens with zero attached hydrogens (tertiary/aromatic N) is 1. The Kier molecular flexibility index (Phi) is 4.34. The van der Waals surface area contributed by atoms with Crippen molar-refractivity contribution in [3.63, 3.8) is 0 Å². The molecule has 16 heavy (non-hydrogen) atoms. The molecule has 0 fully saturated rings. The third-order valence-corrected chi connectivity index (χ3v) is 1.99. The summed E-state index contributed by atoms with van der Waals surface area (Å²) in [4.78, 5) is 14.7. The number of carbonyl (C=O) groups is 1. The predicted molar refractivity (Wildman–Crippen MR) is 62.5 cm³/mol. The van der Waals surface area contributed by atoms with E-state index < -0.39 is 5.97 Å². The van der Waals surface area contributed by atoms with Crippen LogP contribution in [0.15, 0.2) is 12.1 Å². The molecule has 0 aliphatic heterocycles. The van der Waals surface area contributed by atoms with Crippen molar-refractivity contribution in [2.75, 3.05) is 11.9 Å². The van der Waals surface area contributed by atoms with Crippen LogP contribution in [0.5, 0.6) is 0 Å². The first-order valence-electron chi connectivity index (χ1n) is 5.03. The van der Waals surface area contributed by atoms with Gasteiger partial charge in [-0.2, -0.15) is 0 Å². The van der Waals surface area contributed by atoms with Gasteiger partial charge in [-0.3, -0.25) is 0 Å². The monoisotopic (exact) mass is 218 g/mol. The van der Waals surface area contributed by atoms with Crippen LogP contribution in [0.25, 0.3) is 0 Å². The molecule has 0 radical (unpaired) electrons. The zero-order chi connectivity index (χ0) is 12.0. The van der Waals surface area contributed by atoms with Gasteiger partial charge in [-0.1, -0.05) is 0 Å². The Morgan fingerprint density at radius 1 is 1.62 bits per heavy atom. The third-order valence-electron chi connectivity index (χ3n) is 1.99. The van der Waals surface area contributed by atoms with Gasteiger partial charge < -0.3 is 10.4 Å². The molecule has 0 amide bonds. The van der Waals surface area contributed by atoms with E-state index in [0.717, 1.165) is 12.0 Å². The lowest BCUT2D eigenvalue weighted by atomic mass is 10.2. The number of pyridine rings is 1. The lowest BCUT2D eigenvalue weighted by molar-refractivity contribution is 0.0690. The molecule has 4 nitrogen and oxygen atoms in total. The molecule has 0 unspecified atom stereocenters. The van der Waals surface area contributed by atoms with E-state index in [1.165, 1.54) is 6.07 Å². The van der Waals surface area contributed by atoms with Crippen molar-refractivity contribution in [1.29, 1.82) is 0 Å². The zero-order valence-corrected chi connectivity index (χ0v) is 9.16. The van der Waals surface area contributed by atoms with Crippen LogP contribution in [0.4, 0.5) is 5.82 Å². The van der Waals surface area contributed by atoms with Crippen LogP contribution in [0, 0.1) is 19.3 Å². The summed E-state index contributed by atoms with van der Waals surface area (Å²) < 4.78 is 0. The normalized spacial score (nSPS) is 9.50. The Morgan fingerprint density at radius 3 is 3.00 bits per heavy atom. The molecule has 0 aliphatic rings. The maximum Gasteiger partial charge on any atom is 0.354 e. The second kappa shape index (κ2) is 5.76. The van der Waals surface area contributed by atoms with Gasteiger partial charge in [0.05, 0.1) is 0 Å². The number of anilines is 1. The van der Waals surface area contributed by atoms with Gasteiger partial charge in [-0.15, -0.1) is 12.3 Å². The molecule has 1 aromatic heterocycles. The van der Waals surface area contributed by atoms with Gasteiger partial charge in [0.25, 0.3) is 0 Å². The summed E-state index contributed by atoms with van der Waals surface area (Å²) in [5.74, 6) is 2.10. The molecule has 1 aromatic rings. The molecule has 0 saturated heterocycles. The summed E-state index contributed by atoms with van der Waals surface area (Å²) in [7, 11) is 0. The van der Waals surface area contributed by atoms with E-state index in [1.807, 2.05) is 13.0 Å². The summed E-state index contributed by atoms with van der Waals surface area (Å²) >= 11 is 0. The Hall–Kier alpha value is -2.02. The fourth-order valence-corrected chi connectivity index (χ4v) is 1.27. The molecule has 0 spiro atoms. The van der Waals surface area contributed by atoms with Gasteiger partial charge in [0.1, 0.15) is 5.82 Å². The second-order valence-electron chi connectivity index (χ2n) is 3.45. The van der Waals surface area contributed by atoms with Gasteiger partial charge in [-0.25, -0.2) is 9.78 Å². The zero-order valence-electron chi connectivity index (χ0n) is 9.16. The molecule has 0 aromatic carbocycles. The molecule has 2 N–H and O–H groups in total. The van der Waals surface area contributed by atoms with Crippen molar-refractivity contribution in [3.05, 3.63) is 23.4 Å². The maximum absolute atomic E-state index is 10.8. The predicted octanol–water partition coefficient (Wildman–Crippen LogP) is 1.91. The summed E-state index contributed by atoms with van der Waals surface area (Å²) in [6, 6.07) is 3.34. The third kappa shape index (κ3) is 3.62. The average Bonchev–Trinajstić information content (AvgIpc) is 2.23. The number of terminal acetylenes is 1. The van der Waals surface area contributed by atoms with E-state index in [-0.39, 0.29) is 5.69 Å².